The molecule has 162 valence electrons. The minimum absolute atomic E-state index is 0.0442. The third-order valence-electron chi connectivity index (χ3n) is 5.49. The number of nitrogens with one attached hydrogen (secondary N) is 1. The van der Waals surface area contributed by atoms with Gasteiger partial charge in [0.25, 0.3) is 0 Å². The van der Waals surface area contributed by atoms with Gasteiger partial charge in [-0.3, -0.25) is 4.79 Å². The molecule has 1 atom stereocenters. The number of allylic oxidation sites excluding steroid dienone is 3. The second-order valence-electron chi connectivity index (χ2n) is 8.70. The van der Waals surface area contributed by atoms with Gasteiger partial charge in [-0.05, 0) is 36.8 Å². The first-order chi connectivity index (χ1) is 14.2. The molecule has 0 aromatic heterocycles. The van der Waals surface area contributed by atoms with Crippen molar-refractivity contribution in [3.63, 3.8) is 0 Å². The van der Waals surface area contributed by atoms with Gasteiger partial charge in [-0.25, -0.2) is 4.79 Å². The summed E-state index contributed by atoms with van der Waals surface area (Å²) < 4.78 is 10.9. The Morgan fingerprint density at radius 2 is 1.93 bits per heavy atom. The smallest absolute Gasteiger partial charge is 0.336 e. The van der Waals surface area contributed by atoms with Gasteiger partial charge in [0.1, 0.15) is 6.61 Å². The van der Waals surface area contributed by atoms with E-state index >= 15 is 0 Å². The highest BCUT2D eigenvalue weighted by Crippen LogP contribution is 2.47. The molecular weight excluding hydrogens is 402 g/mol. The summed E-state index contributed by atoms with van der Waals surface area (Å²) in [7, 11) is 0. The number of carbonyl (C=O) groups is 2. The van der Waals surface area contributed by atoms with E-state index in [-0.39, 0.29) is 17.8 Å². The van der Waals surface area contributed by atoms with Gasteiger partial charge in [0.05, 0.1) is 12.2 Å². The number of dihydropyridines is 1. The Morgan fingerprint density at radius 3 is 2.63 bits per heavy atom. The highest BCUT2D eigenvalue weighted by molar-refractivity contribution is 6.31. The molecule has 1 aliphatic heterocycles. The average molecular weight is 432 g/mol. The summed E-state index contributed by atoms with van der Waals surface area (Å²) in [4.78, 5) is 26.3. The lowest BCUT2D eigenvalue weighted by molar-refractivity contribution is -0.141. The van der Waals surface area contributed by atoms with Crippen molar-refractivity contribution in [2.24, 2.45) is 5.41 Å². The fourth-order valence-corrected chi connectivity index (χ4v) is 4.49. The number of Topliss-reactive ketones (excluding diaryl/α,β-unsaturated/α-hetero) is 1. The van der Waals surface area contributed by atoms with E-state index in [0.717, 1.165) is 24.1 Å². The molecule has 1 heterocycles. The number of rotatable bonds is 7. The SMILES string of the molecule is CCCOCCOC(=O)C1=C(C)NC2=C(C(=O)CC(C)(C)C2)[C@@H]1c1ccccc1Cl. The summed E-state index contributed by atoms with van der Waals surface area (Å²) in [5, 5.41) is 3.85. The topological polar surface area (TPSA) is 64.6 Å². The quantitative estimate of drug-likeness (QED) is 0.490. The summed E-state index contributed by atoms with van der Waals surface area (Å²) >= 11 is 6.52. The molecular formula is C24H30ClNO4. The first-order valence-corrected chi connectivity index (χ1v) is 10.9. The van der Waals surface area contributed by atoms with Crippen LogP contribution in [0.15, 0.2) is 46.8 Å². The summed E-state index contributed by atoms with van der Waals surface area (Å²) in [6.07, 6.45) is 2.08. The zero-order chi connectivity index (χ0) is 21.9. The lowest BCUT2D eigenvalue weighted by Gasteiger charge is -2.39. The van der Waals surface area contributed by atoms with Crippen molar-refractivity contribution < 1.29 is 19.1 Å². The van der Waals surface area contributed by atoms with Crippen LogP contribution in [0.4, 0.5) is 0 Å². The number of hydrogen-bond acceptors (Lipinski definition) is 5. The van der Waals surface area contributed by atoms with Gasteiger partial charge in [0.15, 0.2) is 5.78 Å². The zero-order valence-corrected chi connectivity index (χ0v) is 18.9. The van der Waals surface area contributed by atoms with Gasteiger partial charge < -0.3 is 14.8 Å². The molecule has 0 radical (unpaired) electrons. The third-order valence-corrected chi connectivity index (χ3v) is 5.83. The van der Waals surface area contributed by atoms with Crippen LogP contribution < -0.4 is 5.32 Å². The molecule has 0 bridgehead atoms. The Bertz CT molecular complexity index is 900. The van der Waals surface area contributed by atoms with Crippen molar-refractivity contribution in [3.05, 3.63) is 57.4 Å². The van der Waals surface area contributed by atoms with Crippen LogP contribution >= 0.6 is 11.6 Å². The molecule has 6 heteroatoms. The van der Waals surface area contributed by atoms with Gasteiger partial charge in [-0.2, -0.15) is 0 Å². The third kappa shape index (κ3) is 4.79. The Kier molecular flexibility index (Phi) is 7.04. The molecule has 5 nitrogen and oxygen atoms in total. The van der Waals surface area contributed by atoms with Crippen LogP contribution in [-0.4, -0.2) is 31.6 Å². The molecule has 1 aromatic rings. The number of carbonyl (C=O) groups excluding carboxylic acids is 2. The fraction of sp³-hybridized carbons (Fsp3) is 0.500. The van der Waals surface area contributed by atoms with Crippen LogP contribution in [0.5, 0.6) is 0 Å². The van der Waals surface area contributed by atoms with Gasteiger partial charge >= 0.3 is 5.97 Å². The normalized spacial score (nSPS) is 20.7. The highest BCUT2D eigenvalue weighted by atomic mass is 35.5. The summed E-state index contributed by atoms with van der Waals surface area (Å²) in [5.41, 5.74) is 3.25. The molecule has 2 aliphatic rings. The molecule has 1 aliphatic carbocycles. The minimum Gasteiger partial charge on any atom is -0.460 e. The van der Waals surface area contributed by atoms with Crippen molar-refractivity contribution in [3.8, 4) is 0 Å². The van der Waals surface area contributed by atoms with Crippen molar-refractivity contribution in [1.82, 2.24) is 5.32 Å². The van der Waals surface area contributed by atoms with E-state index < -0.39 is 11.9 Å². The van der Waals surface area contributed by atoms with E-state index in [1.807, 2.05) is 32.0 Å². The van der Waals surface area contributed by atoms with E-state index in [4.69, 9.17) is 21.1 Å². The lowest BCUT2D eigenvalue weighted by Crippen LogP contribution is -2.38. The van der Waals surface area contributed by atoms with Gasteiger partial charge in [0.2, 0.25) is 0 Å². The number of ether oxygens (including phenoxy) is 2. The predicted molar refractivity (Wildman–Crippen MR) is 117 cm³/mol. The Hall–Kier alpha value is -2.11. The minimum atomic E-state index is -0.539. The van der Waals surface area contributed by atoms with Crippen LogP contribution in [0.25, 0.3) is 0 Å². The molecule has 1 aromatic carbocycles. The van der Waals surface area contributed by atoms with Crippen LogP contribution in [0.2, 0.25) is 5.02 Å². The molecule has 0 saturated carbocycles. The molecule has 30 heavy (non-hydrogen) atoms. The standard InChI is InChI=1S/C24H30ClNO4/c1-5-10-29-11-12-30-23(28)20-15(2)26-18-13-24(3,4)14-19(27)22(18)21(20)16-8-6-7-9-17(16)25/h6-9,21,26H,5,10-14H2,1-4H3/t21-/m1/s1. The Labute approximate surface area is 183 Å². The zero-order valence-electron chi connectivity index (χ0n) is 18.1. The monoisotopic (exact) mass is 431 g/mol. The van der Waals surface area contributed by atoms with E-state index in [1.165, 1.54) is 0 Å². The van der Waals surface area contributed by atoms with E-state index in [1.54, 1.807) is 6.07 Å². The van der Waals surface area contributed by atoms with Crippen molar-refractivity contribution in [2.75, 3.05) is 19.8 Å². The van der Waals surface area contributed by atoms with Crippen LogP contribution in [0, 0.1) is 5.41 Å². The highest BCUT2D eigenvalue weighted by Gasteiger charge is 2.43. The fourth-order valence-electron chi connectivity index (χ4n) is 4.24. The predicted octanol–water partition coefficient (Wildman–Crippen LogP) is 4.91. The molecule has 0 unspecified atom stereocenters. The van der Waals surface area contributed by atoms with E-state index in [0.29, 0.717) is 41.5 Å². The summed E-state index contributed by atoms with van der Waals surface area (Å²) in [6, 6.07) is 7.37. The van der Waals surface area contributed by atoms with Gasteiger partial charge in [-0.15, -0.1) is 0 Å². The number of ketones is 1. The van der Waals surface area contributed by atoms with Crippen LogP contribution in [0.1, 0.15) is 58.4 Å². The Morgan fingerprint density at radius 1 is 1.20 bits per heavy atom. The molecule has 3 rings (SSSR count). The molecule has 0 spiro atoms. The van der Waals surface area contributed by atoms with Gasteiger partial charge in [-0.1, -0.05) is 50.6 Å². The number of esters is 1. The van der Waals surface area contributed by atoms with Crippen molar-refractivity contribution in [2.45, 2.75) is 52.9 Å². The lowest BCUT2D eigenvalue weighted by atomic mass is 9.68. The first kappa shape index (κ1) is 22.6. The van der Waals surface area contributed by atoms with Crippen molar-refractivity contribution >= 4 is 23.4 Å². The molecule has 0 saturated heterocycles. The second-order valence-corrected chi connectivity index (χ2v) is 9.11. The maximum absolute atomic E-state index is 13.2. The van der Waals surface area contributed by atoms with E-state index in [2.05, 4.69) is 19.2 Å². The van der Waals surface area contributed by atoms with Gasteiger partial charge in [0, 0.05) is 40.9 Å². The largest absolute Gasteiger partial charge is 0.460 e. The number of hydrogen-bond donors (Lipinski definition) is 1. The molecule has 0 fully saturated rings. The van der Waals surface area contributed by atoms with Crippen molar-refractivity contribution in [1.29, 1.82) is 0 Å². The maximum atomic E-state index is 13.2. The number of benzene rings is 1. The Balaban J connectivity index is 1.98. The first-order valence-electron chi connectivity index (χ1n) is 10.5. The summed E-state index contributed by atoms with van der Waals surface area (Å²) in [6.45, 7) is 9.18. The number of halogens is 1. The summed E-state index contributed by atoms with van der Waals surface area (Å²) in [5.74, 6) is -0.945. The van der Waals surface area contributed by atoms with Crippen LogP contribution in [-0.2, 0) is 19.1 Å². The maximum Gasteiger partial charge on any atom is 0.336 e. The van der Waals surface area contributed by atoms with E-state index in [9.17, 15) is 9.59 Å². The molecule has 0 amide bonds. The average Bonchev–Trinajstić information content (AvgIpc) is 2.66. The van der Waals surface area contributed by atoms with Crippen LogP contribution in [0.3, 0.4) is 0 Å². The molecule has 1 N–H and O–H groups in total. The second kappa shape index (κ2) is 9.36.